The van der Waals surface area contributed by atoms with Gasteiger partial charge in [0.1, 0.15) is 21.3 Å². The highest BCUT2D eigenvalue weighted by molar-refractivity contribution is 8.19. The minimum absolute atomic E-state index is 0. The maximum atomic E-state index is 12.4. The summed E-state index contributed by atoms with van der Waals surface area (Å²) in [6.45, 7) is 12.1. The molecule has 0 aromatic heterocycles. The van der Waals surface area contributed by atoms with E-state index in [1.165, 1.54) is 11.8 Å². The second-order valence-corrected chi connectivity index (χ2v) is 8.67. The monoisotopic (exact) mass is 409 g/mol. The van der Waals surface area contributed by atoms with Crippen LogP contribution >= 0.6 is 11.8 Å². The summed E-state index contributed by atoms with van der Waals surface area (Å²) in [6, 6.07) is 0. The van der Waals surface area contributed by atoms with Crippen molar-refractivity contribution in [1.82, 2.24) is 4.90 Å². The van der Waals surface area contributed by atoms with Crippen LogP contribution in [0.5, 0.6) is 0 Å². The lowest BCUT2D eigenvalue weighted by atomic mass is 10.2. The highest BCUT2D eigenvalue weighted by atomic mass is 32.2. The van der Waals surface area contributed by atoms with Crippen molar-refractivity contribution in [2.45, 2.75) is 60.0 Å². The fraction of sp³-hybridized carbons (Fsp3) is 0.550. The second-order valence-electron chi connectivity index (χ2n) is 7.67. The van der Waals surface area contributed by atoms with Crippen LogP contribution in [-0.2, 0) is 14.3 Å². The number of likely N-dealkylation sites (tertiary alicyclic amines) is 1. The van der Waals surface area contributed by atoms with Crippen molar-refractivity contribution in [3.8, 4) is 0 Å². The van der Waals surface area contributed by atoms with Crippen molar-refractivity contribution in [3.05, 3.63) is 33.7 Å². The van der Waals surface area contributed by atoms with Crippen LogP contribution in [0.2, 0.25) is 0 Å². The van der Waals surface area contributed by atoms with Crippen LogP contribution in [0.4, 0.5) is 4.79 Å². The van der Waals surface area contributed by atoms with E-state index in [0.717, 1.165) is 25.9 Å². The first-order valence-corrected chi connectivity index (χ1v) is 10.2. The number of nitrogens with zero attached hydrogens (tertiary/aromatic N) is 2. The summed E-state index contributed by atoms with van der Waals surface area (Å²) in [7, 11) is 0. The molecule has 1 amide bonds. The van der Waals surface area contributed by atoms with Crippen LogP contribution in [-0.4, -0.2) is 40.7 Å². The van der Waals surface area contributed by atoms with Crippen molar-refractivity contribution in [2.75, 3.05) is 13.1 Å². The van der Waals surface area contributed by atoms with Gasteiger partial charge in [-0.1, -0.05) is 17.8 Å². The van der Waals surface area contributed by atoms with Crippen molar-refractivity contribution in [2.24, 2.45) is 10.7 Å². The van der Waals surface area contributed by atoms with Crippen LogP contribution in [0, 0.1) is 0 Å². The molecule has 8 heteroatoms. The van der Waals surface area contributed by atoms with E-state index < -0.39 is 11.6 Å². The van der Waals surface area contributed by atoms with Gasteiger partial charge < -0.3 is 20.1 Å². The molecule has 2 N–H and O–H groups in total. The zero-order valence-corrected chi connectivity index (χ0v) is 18.2. The number of amides is 1. The predicted octanol–water partition coefficient (Wildman–Crippen LogP) is 4.32. The van der Waals surface area contributed by atoms with E-state index in [1.54, 1.807) is 45.6 Å². The van der Waals surface area contributed by atoms with E-state index >= 15 is 0 Å². The Labute approximate surface area is 172 Å². The van der Waals surface area contributed by atoms with E-state index in [9.17, 15) is 9.59 Å². The maximum Gasteiger partial charge on any atom is 0.414 e. The number of hydrogen-bond acceptors (Lipinski definition) is 7. The Morgan fingerprint density at radius 2 is 1.86 bits per heavy atom. The van der Waals surface area contributed by atoms with E-state index in [1.807, 2.05) is 6.92 Å². The minimum Gasteiger partial charge on any atom is -0.456 e. The number of carbonyl (C=O) groups is 2. The van der Waals surface area contributed by atoms with Crippen molar-refractivity contribution >= 4 is 28.9 Å². The van der Waals surface area contributed by atoms with E-state index in [4.69, 9.17) is 15.2 Å². The van der Waals surface area contributed by atoms with E-state index in [2.05, 4.69) is 4.99 Å². The van der Waals surface area contributed by atoms with Crippen molar-refractivity contribution < 1.29 is 20.5 Å². The van der Waals surface area contributed by atoms with Gasteiger partial charge in [-0.05, 0) is 54.4 Å². The fourth-order valence-corrected chi connectivity index (χ4v) is 3.74. The lowest BCUT2D eigenvalue weighted by molar-refractivity contribution is -0.148. The average molecular weight is 410 g/mol. The summed E-state index contributed by atoms with van der Waals surface area (Å²) in [5, 5.41) is 0.579. The highest BCUT2D eigenvalue weighted by Crippen LogP contribution is 2.37. The molecule has 1 saturated heterocycles. The van der Waals surface area contributed by atoms with Gasteiger partial charge in [0, 0.05) is 20.1 Å². The molecular weight excluding hydrogens is 378 g/mol. The topological polar surface area (TPSA) is 94.2 Å². The molecule has 2 aliphatic heterocycles. The molecular formula is C20H31N3O4S. The Morgan fingerprint density at radius 1 is 1.25 bits per heavy atom. The Morgan fingerprint density at radius 3 is 2.39 bits per heavy atom. The average Bonchev–Trinajstić information content (AvgIpc) is 3.21. The van der Waals surface area contributed by atoms with Gasteiger partial charge in [-0.2, -0.15) is 0 Å². The second kappa shape index (κ2) is 8.86. The number of esters is 1. The van der Waals surface area contributed by atoms with Gasteiger partial charge in [0.2, 0.25) is 0 Å². The molecule has 0 saturated carbocycles. The molecule has 0 radical (unpaired) electrons. The summed E-state index contributed by atoms with van der Waals surface area (Å²) in [5.74, 6) is -0.0527. The van der Waals surface area contributed by atoms with Crippen LogP contribution in [0.3, 0.4) is 0 Å². The molecule has 2 aliphatic rings. The fourth-order valence-electron chi connectivity index (χ4n) is 2.68. The minimum atomic E-state index is -0.614. The zero-order valence-electron chi connectivity index (χ0n) is 17.4. The van der Waals surface area contributed by atoms with Gasteiger partial charge in [0.25, 0.3) is 0 Å². The molecule has 1 fully saturated rings. The number of rotatable bonds is 3. The Balaban J connectivity index is 0.00000420. The first-order valence-electron chi connectivity index (χ1n) is 9.34. The SMILES string of the molecule is C\C=C1/C(N)=C(C(=O)OC(C)(C)C)S/C1=N\C(C)=C(/C)OC(=O)N1CCCC1.[HH]. The summed E-state index contributed by atoms with van der Waals surface area (Å²) in [6.07, 6.45) is 3.45. The normalized spacial score (nSPS) is 21.4. The highest BCUT2D eigenvalue weighted by Gasteiger charge is 2.32. The number of allylic oxidation sites excluding steroid dienone is 4. The summed E-state index contributed by atoms with van der Waals surface area (Å²) >= 11 is 1.17. The van der Waals surface area contributed by atoms with E-state index in [-0.39, 0.29) is 7.52 Å². The molecule has 0 aliphatic carbocycles. The predicted molar refractivity (Wildman–Crippen MR) is 114 cm³/mol. The largest absolute Gasteiger partial charge is 0.456 e. The zero-order chi connectivity index (χ0) is 21.1. The van der Waals surface area contributed by atoms with Gasteiger partial charge in [-0.15, -0.1) is 0 Å². The lowest BCUT2D eigenvalue weighted by Gasteiger charge is -2.19. The molecule has 7 nitrogen and oxygen atoms in total. The van der Waals surface area contributed by atoms with Crippen LogP contribution in [0.1, 0.15) is 55.8 Å². The summed E-state index contributed by atoms with van der Waals surface area (Å²) < 4.78 is 10.9. The van der Waals surface area contributed by atoms with Gasteiger partial charge in [-0.3, -0.25) is 0 Å². The Bertz CT molecular complexity index is 788. The number of carbonyl (C=O) groups excluding carboxylic acids is 2. The molecule has 156 valence electrons. The number of hydrogen-bond donors (Lipinski definition) is 1. The van der Waals surface area contributed by atoms with Crippen molar-refractivity contribution in [3.63, 3.8) is 0 Å². The van der Waals surface area contributed by atoms with Gasteiger partial charge >= 0.3 is 12.1 Å². The first kappa shape index (κ1) is 22.1. The number of aliphatic imine (C=N–C) groups is 1. The van der Waals surface area contributed by atoms with Gasteiger partial charge in [0.05, 0.1) is 11.4 Å². The summed E-state index contributed by atoms with van der Waals surface area (Å²) in [4.78, 5) is 31.2. The number of nitrogens with two attached hydrogens (primary N) is 1. The molecule has 0 spiro atoms. The van der Waals surface area contributed by atoms with Crippen LogP contribution < -0.4 is 5.73 Å². The van der Waals surface area contributed by atoms with Crippen LogP contribution in [0.25, 0.3) is 0 Å². The molecule has 0 unspecified atom stereocenters. The van der Waals surface area contributed by atoms with Gasteiger partial charge in [-0.25, -0.2) is 14.6 Å². The number of ether oxygens (including phenoxy) is 2. The molecule has 28 heavy (non-hydrogen) atoms. The van der Waals surface area contributed by atoms with Gasteiger partial charge in [0.15, 0.2) is 0 Å². The number of thioether (sulfide) groups is 1. The summed E-state index contributed by atoms with van der Waals surface area (Å²) in [5.41, 5.74) is 7.11. The third-order valence-corrected chi connectivity index (χ3v) is 5.32. The third-order valence-electron chi connectivity index (χ3n) is 4.22. The smallest absolute Gasteiger partial charge is 0.414 e. The Hall–Kier alpha value is -2.22. The molecule has 0 aromatic rings. The third kappa shape index (κ3) is 5.41. The molecule has 2 heterocycles. The Kier molecular flexibility index (Phi) is 6.98. The van der Waals surface area contributed by atoms with Crippen molar-refractivity contribution in [1.29, 1.82) is 0 Å². The van der Waals surface area contributed by atoms with E-state index in [0.29, 0.717) is 32.7 Å². The molecule has 0 aromatic carbocycles. The standard InChI is InChI=1S/C20H29N3O4S.H2/c1-7-14-15(21)16(18(24)27-20(4,5)6)28-17(14)22-12(2)13(3)26-19(25)23-10-8-9-11-23;/h7H,8-11,21H2,1-6H3;1H/b13-12+,14-7+,22-17-;. The quantitative estimate of drug-likeness (QED) is 0.551. The van der Waals surface area contributed by atoms with Crippen LogP contribution in [0.15, 0.2) is 38.7 Å². The first-order chi connectivity index (χ1) is 13.0. The molecule has 2 rings (SSSR count). The molecule has 0 bridgehead atoms. The lowest BCUT2D eigenvalue weighted by Crippen LogP contribution is -2.28. The molecule has 0 atom stereocenters. The maximum absolute atomic E-state index is 12.4.